The van der Waals surface area contributed by atoms with Crippen LogP contribution in [0.5, 0.6) is 0 Å². The number of para-hydroxylation sites is 5. The Hall–Kier alpha value is -10.5. The maximum absolute atomic E-state index is 11.1. The molecule has 0 saturated heterocycles. The molecule has 0 spiro atoms. The van der Waals surface area contributed by atoms with E-state index in [1.807, 2.05) is 0 Å². The number of fused-ring (bicyclic) bond motifs is 13. The molecule has 0 aliphatic heterocycles. The molecular formula is C75H47N5OSSi. The monoisotopic (exact) mass is 1130 g/mol. The van der Waals surface area contributed by atoms with E-state index in [9.17, 15) is 39.8 Å². The van der Waals surface area contributed by atoms with Gasteiger partial charge < -0.3 is 8.98 Å². The minimum Gasteiger partial charge on any atom is -0.456 e. The van der Waals surface area contributed by atoms with Crippen LogP contribution in [0.4, 0.5) is 0 Å². The van der Waals surface area contributed by atoms with Crippen molar-refractivity contribution in [3.05, 3.63) is 284 Å². The first-order valence-electron chi connectivity index (χ1n) is 43.1. The zero-order valence-electron chi connectivity index (χ0n) is 77.9. The van der Waals surface area contributed by atoms with Crippen molar-refractivity contribution in [1.82, 2.24) is 24.1 Å². The van der Waals surface area contributed by atoms with E-state index in [2.05, 4.69) is 0 Å². The van der Waals surface area contributed by atoms with Crippen LogP contribution in [0.1, 0.15) is 49.3 Å². The van der Waals surface area contributed by atoms with Crippen LogP contribution in [0, 0.1) is 0 Å². The number of benzene rings is 12. The van der Waals surface area contributed by atoms with Crippen molar-refractivity contribution < 1.29 is 53.8 Å². The minimum atomic E-state index is -6.82. The fourth-order valence-electron chi connectivity index (χ4n) is 10.8. The van der Waals surface area contributed by atoms with Crippen molar-refractivity contribution in [2.75, 3.05) is 0 Å². The summed E-state index contributed by atoms with van der Waals surface area (Å²) in [7, 11) is -6.82. The molecule has 0 aliphatic carbocycles. The molecule has 17 aromatic rings. The highest BCUT2D eigenvalue weighted by molar-refractivity contribution is 7.26. The average Bonchev–Trinajstić information content (AvgIpc) is 1.70. The molecule has 5 heterocycles. The number of furan rings is 1. The van der Waals surface area contributed by atoms with Crippen molar-refractivity contribution in [2.45, 2.75) is 0 Å². The third-order valence-electron chi connectivity index (χ3n) is 14.3. The Morgan fingerprint density at radius 2 is 0.964 bits per heavy atom. The quantitative estimate of drug-likeness (QED) is 0.107. The van der Waals surface area contributed by atoms with Gasteiger partial charge in [-0.05, 0) is 92.4 Å². The van der Waals surface area contributed by atoms with Crippen LogP contribution in [-0.4, -0.2) is 32.2 Å². The smallest absolute Gasteiger partial charge is 0.238 e. The van der Waals surface area contributed by atoms with Crippen molar-refractivity contribution in [1.29, 1.82) is 0 Å². The van der Waals surface area contributed by atoms with Gasteiger partial charge in [-0.1, -0.05) is 224 Å². The highest BCUT2D eigenvalue weighted by Crippen LogP contribution is 2.44. The maximum atomic E-state index is 11.1. The molecular weight excluding hydrogens is 1050 g/mol. The fraction of sp³-hybridized carbons (Fsp3) is 0. The average molecular weight is 1130 g/mol. The van der Waals surface area contributed by atoms with Crippen molar-refractivity contribution >= 4 is 126 Å². The number of hydrogen-bond acceptors (Lipinski definition) is 5. The Bertz CT molecular complexity index is 7460. The number of aromatic nitrogens is 5. The summed E-state index contributed by atoms with van der Waals surface area (Å²) >= 11 is 1.02. The Morgan fingerprint density at radius 3 is 1.71 bits per heavy atom. The third-order valence-corrected chi connectivity index (χ3v) is 19.5. The van der Waals surface area contributed by atoms with Gasteiger partial charge >= 0.3 is 0 Å². The molecule has 0 atom stereocenters. The molecule has 388 valence electrons. The first kappa shape index (κ1) is 23.9. The molecule has 12 aromatic carbocycles. The van der Waals surface area contributed by atoms with Gasteiger partial charge in [0.2, 0.25) is 5.95 Å². The Balaban J connectivity index is 1.13. The lowest BCUT2D eigenvalue weighted by Gasteiger charge is -2.35. The highest BCUT2D eigenvalue weighted by atomic mass is 32.1. The van der Waals surface area contributed by atoms with Crippen molar-refractivity contribution in [2.24, 2.45) is 0 Å². The van der Waals surface area contributed by atoms with Gasteiger partial charge in [-0.3, -0.25) is 4.57 Å². The van der Waals surface area contributed by atoms with E-state index >= 15 is 0 Å². The summed E-state index contributed by atoms with van der Waals surface area (Å²) in [6.07, 6.45) is 0. The van der Waals surface area contributed by atoms with Gasteiger partial charge in [-0.15, -0.1) is 11.3 Å². The van der Waals surface area contributed by atoms with E-state index in [4.69, 9.17) is 29.0 Å². The number of hydrogen-bond donors (Lipinski definition) is 0. The molecule has 8 heteroatoms. The van der Waals surface area contributed by atoms with Gasteiger partial charge in [0.05, 0.1) is 77.1 Å². The highest BCUT2D eigenvalue weighted by Gasteiger charge is 2.42. The molecule has 0 saturated carbocycles. The minimum absolute atomic E-state index is 0.0977. The molecule has 0 N–H and O–H groups in total. The van der Waals surface area contributed by atoms with Gasteiger partial charge in [-0.25, -0.2) is 4.98 Å². The lowest BCUT2D eigenvalue weighted by Crippen LogP contribution is -2.74. The van der Waals surface area contributed by atoms with Crippen LogP contribution >= 0.6 is 11.3 Å². The summed E-state index contributed by atoms with van der Waals surface area (Å²) in [5.74, 6) is -3.52. The van der Waals surface area contributed by atoms with Crippen molar-refractivity contribution in [3.8, 4) is 45.5 Å². The predicted octanol–water partition coefficient (Wildman–Crippen LogP) is 16.7. The largest absolute Gasteiger partial charge is 0.456 e. The maximum Gasteiger partial charge on any atom is 0.238 e. The summed E-state index contributed by atoms with van der Waals surface area (Å²) < 4.78 is 357. The van der Waals surface area contributed by atoms with Gasteiger partial charge in [0, 0.05) is 63.6 Å². The van der Waals surface area contributed by atoms with E-state index in [-0.39, 0.29) is 32.0 Å². The first-order valence-corrected chi connectivity index (χ1v) is 28.0. The zero-order valence-corrected chi connectivity index (χ0v) is 43.7. The van der Waals surface area contributed by atoms with Gasteiger partial charge in [0.25, 0.3) is 0 Å². The SMILES string of the molecule is [2H]c1c([2H])c([2H])c([Si](c2c([2H])c([2H])c([2H])c([2H])c2[2H])(c2c([2H])c([2H])c([2H])c(-c3ccc4c(c3)oc3ccccc34)c2[2H])c2c([2H])c([2H])c([2H])c(-c3nc(-c4c([2H])c([2H])c([2H])c([2H])c4-n4c5c([2H])c([2H])c([2H])c([2H])c5c5c([2H])c([2H])c([2H])c([2H])c54)nc(-n4c5c([2H])c([2H])c([2H])c([2H])c5c5c6sc7ccccc7c6c([2H])c([2H])c54)n3)c2[2H])c([2H])c1[2H]. The molecule has 17 rings (SSSR count). The topological polar surface area (TPSA) is 61.7 Å². The molecule has 0 amide bonds. The fourth-order valence-corrected chi connectivity index (χ4v) is 15.6. The normalized spacial score (nSPS) is 18.2. The van der Waals surface area contributed by atoms with E-state index in [1.54, 1.807) is 48.5 Å². The van der Waals surface area contributed by atoms with Crippen molar-refractivity contribution in [3.63, 3.8) is 0 Å². The van der Waals surface area contributed by atoms with Crippen LogP contribution in [0.25, 0.3) is 131 Å². The summed E-state index contributed by atoms with van der Waals surface area (Å²) in [4.78, 5) is 14.4. The molecule has 0 bridgehead atoms. The third kappa shape index (κ3) is 7.30. The van der Waals surface area contributed by atoms with Gasteiger partial charge in [0.1, 0.15) is 11.2 Å². The molecule has 0 radical (unpaired) electrons. The lowest BCUT2D eigenvalue weighted by atomic mass is 10.0. The Labute approximate surface area is 532 Å². The first-order chi connectivity index (χ1) is 56.1. The number of rotatable bonds is 9. The second-order valence-electron chi connectivity index (χ2n) is 18.7. The molecule has 0 fully saturated rings. The van der Waals surface area contributed by atoms with Crippen LogP contribution < -0.4 is 20.7 Å². The van der Waals surface area contributed by atoms with E-state index in [0.29, 0.717) is 31.0 Å². The summed E-state index contributed by atoms with van der Waals surface area (Å²) in [6.45, 7) is 0. The number of nitrogens with zero attached hydrogens (tertiary/aromatic N) is 5. The zero-order chi connectivity index (χ0) is 85.9. The van der Waals surface area contributed by atoms with E-state index in [0.717, 1.165) is 15.9 Å². The van der Waals surface area contributed by atoms with E-state index < -0.39 is 319 Å². The summed E-state index contributed by atoms with van der Waals surface area (Å²) in [5.41, 5.74) is -6.39. The van der Waals surface area contributed by atoms with Crippen LogP contribution in [0.15, 0.2) is 289 Å². The Kier molecular flexibility index (Phi) is 5.41. The second kappa shape index (κ2) is 18.8. The molecule has 6 nitrogen and oxygen atoms in total. The van der Waals surface area contributed by atoms with Crippen LogP contribution in [-0.2, 0) is 0 Å². The standard InChI is InChI=1S/C75H47N5OSSi/c1-3-23-51(24-4-1)83(52-25-5-2-6-26-52,53-27-19-21-48(45-53)49-41-42-58-57-31-11-17-39-68(57)81-69(58)47-49)54-28-20-22-50(46-54)73-76-74(62-34-10-16-38-66(62)79-63-35-13-7-29-55(63)56-30-8-14-36-64(56)79)78-75(77-73)80-65-37-15-9-33-61(65)71-67(80)44-43-60-59-32-12-18-40-70(59)82-72(60)71/h1-47H/i1D,2D,3D,4D,5D,6D,7D,8D,9D,10D,13D,14D,15D,16D,19D,20D,21D,22D,23D,24D,25D,26D,27D,28D,29D,30D,33D,34D,35D,36D,37D,38D,43D,44D,45D,46D. The predicted molar refractivity (Wildman–Crippen MR) is 349 cm³/mol. The van der Waals surface area contributed by atoms with Crippen LogP contribution in [0.2, 0.25) is 0 Å². The van der Waals surface area contributed by atoms with E-state index in [1.165, 1.54) is 18.2 Å². The summed E-state index contributed by atoms with van der Waals surface area (Å²) in [5, 5.41) is -5.17. The molecule has 0 unspecified atom stereocenters. The second-order valence-corrected chi connectivity index (χ2v) is 23.2. The summed E-state index contributed by atoms with van der Waals surface area (Å²) in [6, 6.07) is -22.9. The molecule has 83 heavy (non-hydrogen) atoms. The van der Waals surface area contributed by atoms with Gasteiger partial charge in [0.15, 0.2) is 19.7 Å². The molecule has 0 aliphatic rings. The lowest BCUT2D eigenvalue weighted by molar-refractivity contribution is 0.669. The number of thiophene rings is 1. The van der Waals surface area contributed by atoms with Gasteiger partial charge in [-0.2, -0.15) is 9.97 Å². The molecule has 5 aromatic heterocycles. The van der Waals surface area contributed by atoms with Crippen LogP contribution in [0.3, 0.4) is 0 Å². The Morgan fingerprint density at radius 1 is 0.386 bits per heavy atom.